The molecule has 1 heterocycles. The SMILES string of the molecule is C[C@]1(N2CCCC2)CCCC[C@@H]1c1ccccc1. The summed E-state index contributed by atoms with van der Waals surface area (Å²) >= 11 is 0. The van der Waals surface area contributed by atoms with Crippen molar-refractivity contribution in [2.24, 2.45) is 0 Å². The molecule has 98 valence electrons. The second-order valence-electron chi connectivity index (χ2n) is 6.26. The van der Waals surface area contributed by atoms with Gasteiger partial charge in [0.1, 0.15) is 0 Å². The Morgan fingerprint density at radius 1 is 1.00 bits per heavy atom. The maximum absolute atomic E-state index is 2.78. The average Bonchev–Trinajstić information content (AvgIpc) is 2.95. The molecule has 2 fully saturated rings. The van der Waals surface area contributed by atoms with Gasteiger partial charge in [0.2, 0.25) is 0 Å². The van der Waals surface area contributed by atoms with Crippen molar-refractivity contribution in [2.45, 2.75) is 56.9 Å². The van der Waals surface area contributed by atoms with Gasteiger partial charge in [0.05, 0.1) is 0 Å². The number of hydrogen-bond acceptors (Lipinski definition) is 1. The first-order valence-corrected chi connectivity index (χ1v) is 7.61. The van der Waals surface area contributed by atoms with Crippen molar-refractivity contribution in [2.75, 3.05) is 13.1 Å². The summed E-state index contributed by atoms with van der Waals surface area (Å²) in [4.78, 5) is 2.78. The fourth-order valence-corrected chi connectivity index (χ4v) is 4.13. The van der Waals surface area contributed by atoms with Crippen molar-refractivity contribution in [3.63, 3.8) is 0 Å². The van der Waals surface area contributed by atoms with Crippen LogP contribution in [0.3, 0.4) is 0 Å². The molecule has 1 heteroatoms. The lowest BCUT2D eigenvalue weighted by atomic mass is 9.70. The number of nitrogens with zero attached hydrogens (tertiary/aromatic N) is 1. The van der Waals surface area contributed by atoms with Crippen LogP contribution < -0.4 is 0 Å². The molecule has 1 aliphatic heterocycles. The highest BCUT2D eigenvalue weighted by molar-refractivity contribution is 5.25. The standard InChI is InChI=1S/C17H25N/c1-17(18-13-7-8-14-18)12-6-5-11-16(17)15-9-3-2-4-10-15/h2-4,9-10,16H,5-8,11-14H2,1H3/t16-,17+/m1/s1. The summed E-state index contributed by atoms with van der Waals surface area (Å²) < 4.78 is 0. The van der Waals surface area contributed by atoms with Gasteiger partial charge in [0.25, 0.3) is 0 Å². The first-order chi connectivity index (χ1) is 8.81. The normalized spacial score (nSPS) is 33.7. The maximum atomic E-state index is 2.78. The predicted octanol–water partition coefficient (Wildman–Crippen LogP) is 4.20. The van der Waals surface area contributed by atoms with Crippen LogP contribution in [0.25, 0.3) is 0 Å². The van der Waals surface area contributed by atoms with Gasteiger partial charge in [-0.25, -0.2) is 0 Å². The van der Waals surface area contributed by atoms with Gasteiger partial charge in [0, 0.05) is 11.5 Å². The Bertz CT molecular complexity index is 380. The Morgan fingerprint density at radius 3 is 2.44 bits per heavy atom. The molecule has 1 nitrogen and oxygen atoms in total. The monoisotopic (exact) mass is 243 g/mol. The molecular weight excluding hydrogens is 218 g/mol. The van der Waals surface area contributed by atoms with Crippen LogP contribution >= 0.6 is 0 Å². The van der Waals surface area contributed by atoms with Crippen molar-refractivity contribution < 1.29 is 0 Å². The average molecular weight is 243 g/mol. The third-order valence-electron chi connectivity index (χ3n) is 5.21. The smallest absolute Gasteiger partial charge is 0.0249 e. The van der Waals surface area contributed by atoms with E-state index < -0.39 is 0 Å². The van der Waals surface area contributed by atoms with Gasteiger partial charge in [-0.15, -0.1) is 0 Å². The third-order valence-corrected chi connectivity index (χ3v) is 5.21. The van der Waals surface area contributed by atoms with Gasteiger partial charge in [0.15, 0.2) is 0 Å². The molecule has 0 radical (unpaired) electrons. The summed E-state index contributed by atoms with van der Waals surface area (Å²) in [7, 11) is 0. The number of rotatable bonds is 2. The molecule has 0 N–H and O–H groups in total. The maximum Gasteiger partial charge on any atom is 0.0249 e. The van der Waals surface area contributed by atoms with Crippen molar-refractivity contribution >= 4 is 0 Å². The van der Waals surface area contributed by atoms with Crippen LogP contribution in [0.1, 0.15) is 56.9 Å². The molecule has 18 heavy (non-hydrogen) atoms. The van der Waals surface area contributed by atoms with Gasteiger partial charge < -0.3 is 0 Å². The summed E-state index contributed by atoms with van der Waals surface area (Å²) in [6.45, 7) is 5.16. The molecule has 0 aromatic heterocycles. The Morgan fingerprint density at radius 2 is 1.72 bits per heavy atom. The van der Waals surface area contributed by atoms with Gasteiger partial charge in [-0.05, 0) is 51.3 Å². The van der Waals surface area contributed by atoms with E-state index in [1.54, 1.807) is 5.56 Å². The van der Waals surface area contributed by atoms with Gasteiger partial charge in [-0.2, -0.15) is 0 Å². The fraction of sp³-hybridized carbons (Fsp3) is 0.647. The lowest BCUT2D eigenvalue weighted by molar-refractivity contribution is 0.0676. The highest BCUT2D eigenvalue weighted by atomic mass is 15.2. The van der Waals surface area contributed by atoms with Crippen LogP contribution in [-0.4, -0.2) is 23.5 Å². The molecule has 3 rings (SSSR count). The summed E-state index contributed by atoms with van der Waals surface area (Å²) in [6, 6.07) is 11.2. The molecule has 0 amide bonds. The zero-order valence-corrected chi connectivity index (χ0v) is 11.6. The molecule has 1 aliphatic carbocycles. The van der Waals surface area contributed by atoms with Crippen LogP contribution in [-0.2, 0) is 0 Å². The molecule has 0 unspecified atom stereocenters. The van der Waals surface area contributed by atoms with E-state index in [4.69, 9.17) is 0 Å². The molecular formula is C17H25N. The van der Waals surface area contributed by atoms with E-state index in [1.807, 2.05) is 0 Å². The number of hydrogen-bond donors (Lipinski definition) is 0. The second-order valence-corrected chi connectivity index (χ2v) is 6.26. The minimum atomic E-state index is 0.413. The zero-order chi connectivity index (χ0) is 12.4. The van der Waals surface area contributed by atoms with E-state index in [1.165, 1.54) is 51.6 Å². The summed E-state index contributed by atoms with van der Waals surface area (Å²) in [5.74, 6) is 0.741. The Balaban J connectivity index is 1.89. The Kier molecular flexibility index (Phi) is 3.43. The first-order valence-electron chi connectivity index (χ1n) is 7.61. The third kappa shape index (κ3) is 2.09. The van der Waals surface area contributed by atoms with E-state index in [0.717, 1.165) is 5.92 Å². The van der Waals surface area contributed by atoms with Crippen molar-refractivity contribution in [1.82, 2.24) is 4.90 Å². The van der Waals surface area contributed by atoms with Gasteiger partial charge in [-0.3, -0.25) is 4.90 Å². The number of likely N-dealkylation sites (tertiary alicyclic amines) is 1. The molecule has 2 aliphatic rings. The highest BCUT2D eigenvalue weighted by Crippen LogP contribution is 2.45. The lowest BCUT2D eigenvalue weighted by Crippen LogP contribution is -2.50. The molecule has 0 spiro atoms. The molecule has 0 bridgehead atoms. The lowest BCUT2D eigenvalue weighted by Gasteiger charge is -2.48. The van der Waals surface area contributed by atoms with Gasteiger partial charge >= 0.3 is 0 Å². The highest BCUT2D eigenvalue weighted by Gasteiger charge is 2.42. The first kappa shape index (κ1) is 12.2. The molecule has 1 saturated carbocycles. The van der Waals surface area contributed by atoms with Crippen LogP contribution in [0.2, 0.25) is 0 Å². The molecule has 1 saturated heterocycles. The van der Waals surface area contributed by atoms with E-state index in [2.05, 4.69) is 42.2 Å². The van der Waals surface area contributed by atoms with Gasteiger partial charge in [-0.1, -0.05) is 43.2 Å². The van der Waals surface area contributed by atoms with Crippen LogP contribution in [0.4, 0.5) is 0 Å². The molecule has 1 aromatic carbocycles. The van der Waals surface area contributed by atoms with E-state index in [-0.39, 0.29) is 0 Å². The summed E-state index contributed by atoms with van der Waals surface area (Å²) in [6.07, 6.45) is 8.37. The molecule has 2 atom stereocenters. The summed E-state index contributed by atoms with van der Waals surface area (Å²) in [5, 5.41) is 0. The topological polar surface area (TPSA) is 3.24 Å². The van der Waals surface area contributed by atoms with Crippen LogP contribution in [0, 0.1) is 0 Å². The minimum absolute atomic E-state index is 0.413. The second kappa shape index (κ2) is 5.05. The van der Waals surface area contributed by atoms with Crippen molar-refractivity contribution in [1.29, 1.82) is 0 Å². The zero-order valence-electron chi connectivity index (χ0n) is 11.6. The van der Waals surface area contributed by atoms with Crippen molar-refractivity contribution in [3.05, 3.63) is 35.9 Å². The summed E-state index contributed by atoms with van der Waals surface area (Å²) in [5.41, 5.74) is 1.97. The number of benzene rings is 1. The van der Waals surface area contributed by atoms with Crippen LogP contribution in [0.15, 0.2) is 30.3 Å². The van der Waals surface area contributed by atoms with E-state index in [9.17, 15) is 0 Å². The van der Waals surface area contributed by atoms with E-state index in [0.29, 0.717) is 5.54 Å². The quantitative estimate of drug-likeness (QED) is 0.752. The fourth-order valence-electron chi connectivity index (χ4n) is 4.13. The van der Waals surface area contributed by atoms with Crippen molar-refractivity contribution in [3.8, 4) is 0 Å². The predicted molar refractivity (Wildman–Crippen MR) is 76.9 cm³/mol. The largest absolute Gasteiger partial charge is 0.297 e. The van der Waals surface area contributed by atoms with Crippen LogP contribution in [0.5, 0.6) is 0 Å². The van der Waals surface area contributed by atoms with E-state index >= 15 is 0 Å². The molecule has 1 aromatic rings. The Hall–Kier alpha value is -0.820. The minimum Gasteiger partial charge on any atom is -0.297 e. The Labute approximate surface area is 111 Å².